The Labute approximate surface area is 203 Å². The number of amides is 2. The van der Waals surface area contributed by atoms with Crippen LogP contribution in [0.1, 0.15) is 47.1 Å². The van der Waals surface area contributed by atoms with Crippen LogP contribution in [-0.4, -0.2) is 73.2 Å². The Bertz CT molecular complexity index is 866. The van der Waals surface area contributed by atoms with E-state index in [4.69, 9.17) is 4.74 Å². The Morgan fingerprint density at radius 2 is 1.68 bits per heavy atom. The van der Waals surface area contributed by atoms with Crippen LogP contribution in [0, 0.1) is 5.92 Å². The van der Waals surface area contributed by atoms with Gasteiger partial charge in [0.1, 0.15) is 6.04 Å². The van der Waals surface area contributed by atoms with Crippen molar-refractivity contribution in [3.63, 3.8) is 0 Å². The highest BCUT2D eigenvalue weighted by atomic mass is 16.5. The molecule has 34 heavy (non-hydrogen) atoms. The zero-order valence-corrected chi connectivity index (χ0v) is 21.9. The summed E-state index contributed by atoms with van der Waals surface area (Å²) in [5, 5.41) is 15.3. The highest BCUT2D eigenvalue weighted by Crippen LogP contribution is 2.27. The summed E-state index contributed by atoms with van der Waals surface area (Å²) < 4.78 is 5.44. The van der Waals surface area contributed by atoms with E-state index in [1.54, 1.807) is 27.1 Å². The fourth-order valence-electron chi connectivity index (χ4n) is 4.05. The minimum atomic E-state index is -1.04. The van der Waals surface area contributed by atoms with Gasteiger partial charge in [-0.25, -0.2) is 4.79 Å². The van der Waals surface area contributed by atoms with Gasteiger partial charge in [0.25, 0.3) is 0 Å². The molecule has 2 amide bonds. The van der Waals surface area contributed by atoms with Gasteiger partial charge < -0.3 is 25.4 Å². The molecule has 0 saturated heterocycles. The first-order chi connectivity index (χ1) is 15.8. The molecule has 0 aliphatic rings. The molecule has 0 aromatic heterocycles. The van der Waals surface area contributed by atoms with Crippen LogP contribution in [0.25, 0.3) is 0 Å². The molecule has 1 rings (SSSR count). The Balaban J connectivity index is 3.25. The number of likely N-dealkylation sites (N-methyl/N-ethyl adjacent to an activating group) is 2. The third kappa shape index (κ3) is 7.14. The van der Waals surface area contributed by atoms with Gasteiger partial charge in [0.05, 0.1) is 18.2 Å². The molecular weight excluding hydrogens is 434 g/mol. The lowest BCUT2D eigenvalue weighted by molar-refractivity contribution is -0.141. The predicted molar refractivity (Wildman–Crippen MR) is 134 cm³/mol. The van der Waals surface area contributed by atoms with Crippen molar-refractivity contribution in [2.45, 2.75) is 71.2 Å². The van der Waals surface area contributed by atoms with Gasteiger partial charge in [-0.15, -0.1) is 0 Å². The highest BCUT2D eigenvalue weighted by Gasteiger charge is 2.39. The van der Waals surface area contributed by atoms with Gasteiger partial charge in [0, 0.05) is 25.1 Å². The van der Waals surface area contributed by atoms with E-state index in [-0.39, 0.29) is 23.3 Å². The number of nitrogens with zero attached hydrogens (tertiary/aromatic N) is 1. The van der Waals surface area contributed by atoms with Crippen molar-refractivity contribution < 1.29 is 24.2 Å². The minimum absolute atomic E-state index is 0.0421. The molecule has 0 spiro atoms. The first kappa shape index (κ1) is 29.3. The molecule has 0 saturated carbocycles. The molecule has 4 atom stereocenters. The summed E-state index contributed by atoms with van der Waals surface area (Å²) in [6.07, 6.45) is 0.963. The average Bonchev–Trinajstić information content (AvgIpc) is 2.79. The molecule has 8 nitrogen and oxygen atoms in total. The first-order valence-corrected chi connectivity index (χ1v) is 11.5. The van der Waals surface area contributed by atoms with Gasteiger partial charge in [-0.05, 0) is 32.4 Å². The molecule has 190 valence electrons. The number of rotatable bonds is 12. The second-order valence-corrected chi connectivity index (χ2v) is 9.58. The monoisotopic (exact) mass is 475 g/mol. The molecule has 0 fully saturated rings. The second kappa shape index (κ2) is 12.7. The van der Waals surface area contributed by atoms with Crippen LogP contribution in [0.4, 0.5) is 0 Å². The van der Waals surface area contributed by atoms with Gasteiger partial charge in [0.2, 0.25) is 11.8 Å². The Morgan fingerprint density at radius 3 is 2.12 bits per heavy atom. The van der Waals surface area contributed by atoms with Crippen molar-refractivity contribution in [3.05, 3.63) is 47.5 Å². The Morgan fingerprint density at radius 1 is 1.12 bits per heavy atom. The minimum Gasteiger partial charge on any atom is -0.478 e. The van der Waals surface area contributed by atoms with E-state index in [0.717, 1.165) is 5.56 Å². The number of nitrogens with one attached hydrogen (secondary N) is 2. The SMILES string of the molecule is CNC(C(=O)N[C@H](C(=O)N(C)[C@H](/C=C(\C)C(=O)O)C(C)C)[C@@H](C)OC)C(C)(C)c1ccccc1. The maximum atomic E-state index is 13.5. The summed E-state index contributed by atoms with van der Waals surface area (Å²) in [6, 6.07) is 7.67. The number of methoxy groups -OCH3 is 1. The zero-order valence-electron chi connectivity index (χ0n) is 21.9. The number of carboxylic acid groups (broad SMARTS) is 1. The van der Waals surface area contributed by atoms with Crippen molar-refractivity contribution >= 4 is 17.8 Å². The van der Waals surface area contributed by atoms with Crippen molar-refractivity contribution in [1.29, 1.82) is 0 Å². The van der Waals surface area contributed by atoms with Crippen molar-refractivity contribution in [1.82, 2.24) is 15.5 Å². The molecule has 0 aliphatic carbocycles. The first-order valence-electron chi connectivity index (χ1n) is 11.5. The predicted octanol–water partition coefficient (Wildman–Crippen LogP) is 2.59. The van der Waals surface area contributed by atoms with E-state index < -0.39 is 35.6 Å². The standard InChI is InChI=1S/C26H41N3O5/c1-16(2)20(15-17(3)25(32)33)29(8)24(31)21(18(4)34-9)28-23(30)22(27-7)26(5,6)19-13-11-10-12-14-19/h10-16,18,20-22,27H,1-9H3,(H,28,30)(H,32,33)/b17-15+/t18-,20-,21+,22?/m1/s1. The van der Waals surface area contributed by atoms with Gasteiger partial charge in [-0.3, -0.25) is 9.59 Å². The van der Waals surface area contributed by atoms with E-state index in [9.17, 15) is 19.5 Å². The number of carboxylic acids is 1. The summed E-state index contributed by atoms with van der Waals surface area (Å²) in [5.41, 5.74) is 0.578. The maximum Gasteiger partial charge on any atom is 0.331 e. The van der Waals surface area contributed by atoms with E-state index in [2.05, 4.69) is 10.6 Å². The van der Waals surface area contributed by atoms with Crippen LogP contribution >= 0.6 is 0 Å². The molecular formula is C26H41N3O5. The number of carbonyl (C=O) groups excluding carboxylic acids is 2. The third-order valence-corrected chi connectivity index (χ3v) is 6.43. The lowest BCUT2D eigenvalue weighted by atomic mass is 9.77. The van der Waals surface area contributed by atoms with Crippen LogP contribution < -0.4 is 10.6 Å². The summed E-state index contributed by atoms with van der Waals surface area (Å²) in [7, 11) is 4.81. The van der Waals surface area contributed by atoms with Crippen molar-refractivity contribution in [3.8, 4) is 0 Å². The number of ether oxygens (including phenoxy) is 1. The Kier molecular flexibility index (Phi) is 10.9. The molecule has 0 heterocycles. The normalized spacial score (nSPS) is 15.9. The lowest BCUT2D eigenvalue weighted by Gasteiger charge is -2.37. The fraction of sp³-hybridized carbons (Fsp3) is 0.577. The zero-order chi connectivity index (χ0) is 26.2. The van der Waals surface area contributed by atoms with Crippen molar-refractivity contribution in [2.24, 2.45) is 5.92 Å². The van der Waals surface area contributed by atoms with Gasteiger partial charge in [-0.1, -0.05) is 64.1 Å². The highest BCUT2D eigenvalue weighted by molar-refractivity contribution is 5.91. The maximum absolute atomic E-state index is 13.5. The third-order valence-electron chi connectivity index (χ3n) is 6.43. The van der Waals surface area contributed by atoms with Gasteiger partial charge >= 0.3 is 5.97 Å². The second-order valence-electron chi connectivity index (χ2n) is 9.58. The van der Waals surface area contributed by atoms with E-state index in [1.807, 2.05) is 58.0 Å². The largest absolute Gasteiger partial charge is 0.478 e. The summed E-state index contributed by atoms with van der Waals surface area (Å²) >= 11 is 0. The molecule has 1 unspecified atom stereocenters. The van der Waals surface area contributed by atoms with E-state index in [0.29, 0.717) is 0 Å². The van der Waals surface area contributed by atoms with Crippen molar-refractivity contribution in [2.75, 3.05) is 21.2 Å². The van der Waals surface area contributed by atoms with E-state index >= 15 is 0 Å². The summed E-state index contributed by atoms with van der Waals surface area (Å²) in [5.74, 6) is -1.77. The van der Waals surface area contributed by atoms with Gasteiger partial charge in [0.15, 0.2) is 0 Å². The van der Waals surface area contributed by atoms with Crippen LogP contribution in [0.15, 0.2) is 42.0 Å². The smallest absolute Gasteiger partial charge is 0.331 e. The lowest BCUT2D eigenvalue weighted by Crippen LogP contribution is -2.61. The molecule has 8 heteroatoms. The van der Waals surface area contributed by atoms with Crippen LogP contribution in [0.5, 0.6) is 0 Å². The molecule has 1 aromatic rings. The molecule has 0 bridgehead atoms. The van der Waals surface area contributed by atoms with Crippen LogP contribution in [0.2, 0.25) is 0 Å². The number of aliphatic carboxylic acids is 1. The number of benzene rings is 1. The summed E-state index contributed by atoms with van der Waals surface area (Å²) in [6.45, 7) is 11.0. The van der Waals surface area contributed by atoms with Gasteiger partial charge in [-0.2, -0.15) is 0 Å². The molecule has 3 N–H and O–H groups in total. The topological polar surface area (TPSA) is 108 Å². The summed E-state index contributed by atoms with van der Waals surface area (Å²) in [4.78, 5) is 39.8. The quantitative estimate of drug-likeness (QED) is 0.401. The number of carbonyl (C=O) groups is 3. The Hall–Kier alpha value is -2.71. The van der Waals surface area contributed by atoms with Crippen LogP contribution in [-0.2, 0) is 24.5 Å². The molecule has 1 aromatic carbocycles. The number of hydrogen-bond acceptors (Lipinski definition) is 5. The molecule has 0 aliphatic heterocycles. The average molecular weight is 476 g/mol. The fourth-order valence-corrected chi connectivity index (χ4v) is 4.05. The molecule has 0 radical (unpaired) electrons. The van der Waals surface area contributed by atoms with Crippen LogP contribution in [0.3, 0.4) is 0 Å². The number of hydrogen-bond donors (Lipinski definition) is 3. The van der Waals surface area contributed by atoms with E-state index in [1.165, 1.54) is 18.9 Å².